The average molecular weight is 613 g/mol. The van der Waals surface area contributed by atoms with Crippen LogP contribution in [0, 0.1) is 0 Å². The first-order valence-electron chi connectivity index (χ1n) is 16.7. The molecule has 48 heavy (non-hydrogen) atoms. The Morgan fingerprint density at radius 2 is 1.17 bits per heavy atom. The molecule has 0 saturated carbocycles. The van der Waals surface area contributed by atoms with Crippen molar-refractivity contribution in [2.24, 2.45) is 0 Å². The first kappa shape index (κ1) is 26.0. The number of ether oxygens (including phenoxy) is 1. The standard InChI is InChI=1S/C46H28O2/c1-3-11-27(12-4-1)37-23-29-25-40-30(26-39(29)43-33(37)19-21-35-31-15-7-9-17-41(31)47-45(35)43)24-38(28-13-5-2-6-14-28)34-20-22-36-32-16-8-10-18-42(32)48-46(36)44(34)40/h1-26,35,45H. The Kier molecular flexibility index (Phi) is 5.25. The lowest BCUT2D eigenvalue weighted by Gasteiger charge is -2.27. The fraction of sp³-hybridized carbons (Fsp3) is 0.0435. The zero-order valence-electron chi connectivity index (χ0n) is 26.0. The van der Waals surface area contributed by atoms with Gasteiger partial charge < -0.3 is 9.15 Å². The summed E-state index contributed by atoms with van der Waals surface area (Å²) >= 11 is 0. The minimum absolute atomic E-state index is 0.0952. The zero-order valence-corrected chi connectivity index (χ0v) is 26.0. The van der Waals surface area contributed by atoms with Crippen molar-refractivity contribution in [3.63, 3.8) is 0 Å². The van der Waals surface area contributed by atoms with E-state index in [-0.39, 0.29) is 12.0 Å². The van der Waals surface area contributed by atoms with E-state index in [0.29, 0.717) is 0 Å². The monoisotopic (exact) mass is 612 g/mol. The average Bonchev–Trinajstić information content (AvgIpc) is 3.72. The summed E-state index contributed by atoms with van der Waals surface area (Å²) in [6, 6.07) is 52.5. The molecule has 1 aliphatic heterocycles. The van der Waals surface area contributed by atoms with Crippen LogP contribution in [0.3, 0.4) is 0 Å². The van der Waals surface area contributed by atoms with Gasteiger partial charge in [0, 0.05) is 33.2 Å². The van der Waals surface area contributed by atoms with Gasteiger partial charge >= 0.3 is 0 Å². The van der Waals surface area contributed by atoms with Gasteiger partial charge in [-0.25, -0.2) is 0 Å². The minimum Gasteiger partial charge on any atom is -0.484 e. The molecule has 2 aliphatic rings. The van der Waals surface area contributed by atoms with Crippen LogP contribution < -0.4 is 4.74 Å². The molecular weight excluding hydrogens is 585 g/mol. The van der Waals surface area contributed by atoms with Gasteiger partial charge in [-0.15, -0.1) is 0 Å². The van der Waals surface area contributed by atoms with Crippen molar-refractivity contribution in [1.82, 2.24) is 0 Å². The SMILES string of the molecule is C1=CC2c3ccccc3OC2c2c1c(-c1ccccc1)cc1cc3c(cc(-c4ccccc4)c4ccc5c6ccccc6oc5c43)cc21. The van der Waals surface area contributed by atoms with E-state index in [4.69, 9.17) is 9.15 Å². The number of fused-ring (bicyclic) bond motifs is 14. The maximum atomic E-state index is 6.84. The molecule has 1 aliphatic carbocycles. The van der Waals surface area contributed by atoms with Gasteiger partial charge in [0.1, 0.15) is 23.0 Å². The highest BCUT2D eigenvalue weighted by Crippen LogP contribution is 2.54. The van der Waals surface area contributed by atoms with Crippen molar-refractivity contribution in [3.05, 3.63) is 168 Å². The summed E-state index contributed by atoms with van der Waals surface area (Å²) in [5.41, 5.74) is 10.4. The van der Waals surface area contributed by atoms with Gasteiger partial charge in [-0.3, -0.25) is 0 Å². The highest BCUT2D eigenvalue weighted by Gasteiger charge is 2.38. The van der Waals surface area contributed by atoms with Crippen molar-refractivity contribution in [1.29, 1.82) is 0 Å². The molecule has 2 heterocycles. The molecule has 2 atom stereocenters. The molecule has 0 spiro atoms. The topological polar surface area (TPSA) is 22.4 Å². The molecule has 8 aromatic carbocycles. The number of benzene rings is 8. The summed E-state index contributed by atoms with van der Waals surface area (Å²) < 4.78 is 13.6. The van der Waals surface area contributed by atoms with Gasteiger partial charge in [0.2, 0.25) is 0 Å². The maximum Gasteiger partial charge on any atom is 0.143 e. The lowest BCUT2D eigenvalue weighted by atomic mass is 9.78. The number of para-hydroxylation sites is 2. The van der Waals surface area contributed by atoms with Crippen molar-refractivity contribution in [2.75, 3.05) is 0 Å². The van der Waals surface area contributed by atoms with E-state index >= 15 is 0 Å². The summed E-state index contributed by atoms with van der Waals surface area (Å²) in [5.74, 6) is 1.15. The Hall–Kier alpha value is -6.12. The summed E-state index contributed by atoms with van der Waals surface area (Å²) in [4.78, 5) is 0. The van der Waals surface area contributed by atoms with E-state index in [1.807, 2.05) is 6.07 Å². The third-order valence-electron chi connectivity index (χ3n) is 10.6. The molecule has 0 bridgehead atoms. The van der Waals surface area contributed by atoms with Gasteiger partial charge in [-0.1, -0.05) is 115 Å². The molecular formula is C46H28O2. The smallest absolute Gasteiger partial charge is 0.143 e. The second-order valence-electron chi connectivity index (χ2n) is 13.1. The van der Waals surface area contributed by atoms with Crippen LogP contribution >= 0.6 is 0 Å². The molecule has 9 aromatic rings. The molecule has 2 nitrogen and oxygen atoms in total. The van der Waals surface area contributed by atoms with E-state index in [2.05, 4.69) is 152 Å². The molecule has 0 fully saturated rings. The first-order chi connectivity index (χ1) is 23.8. The molecule has 0 saturated heterocycles. The highest BCUT2D eigenvalue weighted by atomic mass is 16.5. The van der Waals surface area contributed by atoms with E-state index < -0.39 is 0 Å². The van der Waals surface area contributed by atoms with Crippen LogP contribution in [0.15, 0.2) is 156 Å². The molecule has 2 heteroatoms. The second kappa shape index (κ2) is 9.70. The van der Waals surface area contributed by atoms with Gasteiger partial charge in [0.05, 0.1) is 0 Å². The normalized spacial score (nSPS) is 16.4. The number of hydrogen-bond donors (Lipinski definition) is 0. The van der Waals surface area contributed by atoms with Crippen molar-refractivity contribution in [3.8, 4) is 28.0 Å². The predicted octanol–water partition coefficient (Wildman–Crippen LogP) is 12.6. The van der Waals surface area contributed by atoms with E-state index in [9.17, 15) is 0 Å². The van der Waals surface area contributed by atoms with E-state index in [0.717, 1.165) is 33.1 Å². The Morgan fingerprint density at radius 1 is 0.500 bits per heavy atom. The Labute approximate surface area is 277 Å². The molecule has 11 rings (SSSR count). The summed E-state index contributed by atoms with van der Waals surface area (Å²) in [6.45, 7) is 0. The van der Waals surface area contributed by atoms with Crippen LogP contribution in [0.5, 0.6) is 5.75 Å². The molecule has 0 amide bonds. The third-order valence-corrected chi connectivity index (χ3v) is 10.6. The summed E-state index contributed by atoms with van der Waals surface area (Å²) in [7, 11) is 0. The van der Waals surface area contributed by atoms with Gasteiger partial charge in [0.15, 0.2) is 0 Å². The molecule has 224 valence electrons. The first-order valence-corrected chi connectivity index (χ1v) is 16.7. The molecule has 1 aromatic heterocycles. The quantitative estimate of drug-likeness (QED) is 0.143. The van der Waals surface area contributed by atoms with Crippen LogP contribution in [0.25, 0.3) is 82.6 Å². The van der Waals surface area contributed by atoms with E-state index in [1.54, 1.807) is 0 Å². The van der Waals surface area contributed by atoms with Crippen LogP contribution in [-0.4, -0.2) is 0 Å². The minimum atomic E-state index is -0.0952. The fourth-order valence-corrected chi connectivity index (χ4v) is 8.44. The zero-order chi connectivity index (χ0) is 31.3. The van der Waals surface area contributed by atoms with Crippen LogP contribution in [0.2, 0.25) is 0 Å². The third kappa shape index (κ3) is 3.57. The van der Waals surface area contributed by atoms with Crippen LogP contribution in [0.4, 0.5) is 0 Å². The lowest BCUT2D eigenvalue weighted by molar-refractivity contribution is 0.225. The van der Waals surface area contributed by atoms with Gasteiger partial charge in [-0.05, 0) is 97.2 Å². The Bertz CT molecular complexity index is 2810. The maximum absolute atomic E-state index is 6.84. The van der Waals surface area contributed by atoms with Crippen LogP contribution in [0.1, 0.15) is 28.7 Å². The molecule has 0 N–H and O–H groups in total. The fourth-order valence-electron chi connectivity index (χ4n) is 8.44. The highest BCUT2D eigenvalue weighted by molar-refractivity contribution is 6.27. The van der Waals surface area contributed by atoms with Crippen molar-refractivity contribution in [2.45, 2.75) is 12.0 Å². The molecule has 0 radical (unpaired) electrons. The second-order valence-corrected chi connectivity index (χ2v) is 13.1. The number of furan rings is 1. The molecule has 2 unspecified atom stereocenters. The van der Waals surface area contributed by atoms with E-state index in [1.165, 1.54) is 65.9 Å². The predicted molar refractivity (Wildman–Crippen MR) is 199 cm³/mol. The van der Waals surface area contributed by atoms with Gasteiger partial charge in [-0.2, -0.15) is 0 Å². The largest absolute Gasteiger partial charge is 0.484 e. The number of rotatable bonds is 2. The van der Waals surface area contributed by atoms with Gasteiger partial charge in [0.25, 0.3) is 0 Å². The Morgan fingerprint density at radius 3 is 2.02 bits per heavy atom. The van der Waals surface area contributed by atoms with Crippen LogP contribution in [-0.2, 0) is 0 Å². The van der Waals surface area contributed by atoms with Crippen molar-refractivity contribution < 1.29 is 9.15 Å². The number of hydrogen-bond acceptors (Lipinski definition) is 2. The lowest BCUT2D eigenvalue weighted by Crippen LogP contribution is -2.14. The summed E-state index contributed by atoms with van der Waals surface area (Å²) in [6.07, 6.45) is 4.58. The van der Waals surface area contributed by atoms with Crippen molar-refractivity contribution >= 4 is 60.3 Å². The summed E-state index contributed by atoms with van der Waals surface area (Å²) in [5, 5.41) is 9.46. The Balaban J connectivity index is 1.29.